The van der Waals surface area contributed by atoms with E-state index in [9.17, 15) is 8.42 Å². The predicted molar refractivity (Wildman–Crippen MR) is 74.4 cm³/mol. The molecule has 102 valence electrons. The van der Waals surface area contributed by atoms with E-state index in [1.165, 1.54) is 11.3 Å². The quantitative estimate of drug-likeness (QED) is 0.842. The Morgan fingerprint density at radius 3 is 2.72 bits per heavy atom. The van der Waals surface area contributed by atoms with E-state index in [2.05, 4.69) is 10.0 Å². The first-order chi connectivity index (χ1) is 8.53. The second kappa shape index (κ2) is 5.69. The lowest BCUT2D eigenvalue weighted by Gasteiger charge is -2.25. The van der Waals surface area contributed by atoms with Crippen molar-refractivity contribution in [3.8, 4) is 0 Å². The molecule has 1 aliphatic carbocycles. The highest BCUT2D eigenvalue weighted by atomic mass is 32.2. The molecule has 0 amide bonds. The van der Waals surface area contributed by atoms with Crippen LogP contribution in [0, 0.1) is 6.92 Å². The van der Waals surface area contributed by atoms with Crippen LogP contribution in [0.3, 0.4) is 0 Å². The molecule has 0 bridgehead atoms. The number of thiophene rings is 1. The van der Waals surface area contributed by atoms with Gasteiger partial charge in [-0.25, -0.2) is 13.1 Å². The maximum absolute atomic E-state index is 12.2. The normalized spacial score (nSPS) is 16.8. The monoisotopic (exact) mass is 288 g/mol. The van der Waals surface area contributed by atoms with Gasteiger partial charge in [-0.3, -0.25) is 0 Å². The Balaban J connectivity index is 2.11. The molecule has 1 fully saturated rings. The summed E-state index contributed by atoms with van der Waals surface area (Å²) in [5, 5.41) is 3.23. The Labute approximate surface area is 113 Å². The van der Waals surface area contributed by atoms with Crippen molar-refractivity contribution in [1.29, 1.82) is 0 Å². The van der Waals surface area contributed by atoms with Crippen LogP contribution < -0.4 is 10.0 Å². The molecular weight excluding hydrogens is 268 g/mol. The lowest BCUT2D eigenvalue weighted by Crippen LogP contribution is -2.39. The minimum absolute atomic E-state index is 0.148. The molecule has 1 aromatic heterocycles. The molecule has 1 aliphatic rings. The molecule has 4 nitrogen and oxygen atoms in total. The maximum atomic E-state index is 12.2. The van der Waals surface area contributed by atoms with Gasteiger partial charge >= 0.3 is 0 Å². The smallest absolute Gasteiger partial charge is 0.250 e. The fourth-order valence-electron chi connectivity index (χ4n) is 1.84. The molecular formula is C12H20N2O2S2. The summed E-state index contributed by atoms with van der Waals surface area (Å²) in [5.41, 5.74) is 1.05. The molecule has 6 heteroatoms. The first kappa shape index (κ1) is 14.0. The van der Waals surface area contributed by atoms with Crippen molar-refractivity contribution in [3.63, 3.8) is 0 Å². The summed E-state index contributed by atoms with van der Waals surface area (Å²) in [7, 11) is -3.31. The third-order valence-electron chi connectivity index (χ3n) is 3.23. The summed E-state index contributed by atoms with van der Waals surface area (Å²) in [6.07, 6.45) is 3.06. The van der Waals surface area contributed by atoms with Gasteiger partial charge in [0.15, 0.2) is 0 Å². The number of rotatable bonds is 6. The van der Waals surface area contributed by atoms with Crippen LogP contribution in [-0.4, -0.2) is 21.0 Å². The van der Waals surface area contributed by atoms with Crippen molar-refractivity contribution >= 4 is 21.4 Å². The summed E-state index contributed by atoms with van der Waals surface area (Å²) < 4.78 is 27.5. The minimum atomic E-state index is -3.31. The lowest BCUT2D eigenvalue weighted by molar-refractivity contribution is 0.384. The van der Waals surface area contributed by atoms with Crippen LogP contribution in [0.4, 0.5) is 0 Å². The SMILES string of the molecule is CCNCc1sc(S(=O)(=O)NC2CCC2)cc1C. The van der Waals surface area contributed by atoms with Crippen molar-refractivity contribution in [2.24, 2.45) is 0 Å². The Bertz CT molecular complexity index is 504. The van der Waals surface area contributed by atoms with E-state index in [0.29, 0.717) is 4.21 Å². The Morgan fingerprint density at radius 1 is 1.44 bits per heavy atom. The van der Waals surface area contributed by atoms with Crippen LogP contribution in [0.1, 0.15) is 36.6 Å². The molecule has 18 heavy (non-hydrogen) atoms. The molecule has 0 aliphatic heterocycles. The van der Waals surface area contributed by atoms with E-state index >= 15 is 0 Å². The molecule has 1 heterocycles. The highest BCUT2D eigenvalue weighted by Gasteiger charge is 2.26. The summed E-state index contributed by atoms with van der Waals surface area (Å²) in [6.45, 7) is 5.63. The second-order valence-electron chi connectivity index (χ2n) is 4.70. The molecule has 0 aromatic carbocycles. The molecule has 2 N–H and O–H groups in total. The van der Waals surface area contributed by atoms with Gasteiger partial charge in [-0.2, -0.15) is 0 Å². The summed E-state index contributed by atoms with van der Waals surface area (Å²) >= 11 is 1.37. The zero-order valence-corrected chi connectivity index (χ0v) is 12.5. The molecule has 2 rings (SSSR count). The Morgan fingerprint density at radius 2 is 2.17 bits per heavy atom. The number of aryl methyl sites for hydroxylation is 1. The van der Waals surface area contributed by atoms with Crippen molar-refractivity contribution in [1.82, 2.24) is 10.0 Å². The van der Waals surface area contributed by atoms with Gasteiger partial charge in [0.2, 0.25) is 10.0 Å². The van der Waals surface area contributed by atoms with Crippen LogP contribution in [0.15, 0.2) is 10.3 Å². The van der Waals surface area contributed by atoms with E-state index in [0.717, 1.165) is 42.8 Å². The second-order valence-corrected chi connectivity index (χ2v) is 7.78. The molecule has 0 radical (unpaired) electrons. The Hall–Kier alpha value is -0.430. The van der Waals surface area contributed by atoms with E-state index in [1.807, 2.05) is 13.8 Å². The van der Waals surface area contributed by atoms with Crippen molar-refractivity contribution in [3.05, 3.63) is 16.5 Å². The van der Waals surface area contributed by atoms with Gasteiger partial charge < -0.3 is 5.32 Å². The standard InChI is InChI=1S/C12H20N2O2S2/c1-3-13-8-11-9(2)7-12(17-11)18(15,16)14-10-5-4-6-10/h7,10,13-14H,3-6,8H2,1-2H3. The predicted octanol–water partition coefficient (Wildman–Crippen LogP) is 2.00. The van der Waals surface area contributed by atoms with Gasteiger partial charge in [-0.05, 0) is 37.9 Å². The maximum Gasteiger partial charge on any atom is 0.250 e. The summed E-state index contributed by atoms with van der Waals surface area (Å²) in [6, 6.07) is 1.92. The third kappa shape index (κ3) is 3.12. The number of nitrogens with one attached hydrogen (secondary N) is 2. The number of sulfonamides is 1. The molecule has 1 saturated carbocycles. The summed E-state index contributed by atoms with van der Waals surface area (Å²) in [4.78, 5) is 1.10. The molecule has 0 spiro atoms. The fourth-order valence-corrected chi connectivity index (χ4v) is 4.72. The van der Waals surface area contributed by atoms with Gasteiger partial charge in [0.25, 0.3) is 0 Å². The zero-order valence-electron chi connectivity index (χ0n) is 10.8. The minimum Gasteiger partial charge on any atom is -0.312 e. The van der Waals surface area contributed by atoms with Crippen molar-refractivity contribution in [2.75, 3.05) is 6.54 Å². The van der Waals surface area contributed by atoms with Crippen molar-refractivity contribution in [2.45, 2.75) is 49.9 Å². The largest absolute Gasteiger partial charge is 0.312 e. The third-order valence-corrected chi connectivity index (χ3v) is 6.46. The van der Waals surface area contributed by atoms with Gasteiger partial charge in [-0.1, -0.05) is 13.3 Å². The fraction of sp³-hybridized carbons (Fsp3) is 0.667. The van der Waals surface area contributed by atoms with E-state index < -0.39 is 10.0 Å². The highest BCUT2D eigenvalue weighted by Crippen LogP contribution is 2.28. The van der Waals surface area contributed by atoms with E-state index in [1.54, 1.807) is 6.07 Å². The van der Waals surface area contributed by atoms with Gasteiger partial charge in [0, 0.05) is 17.5 Å². The van der Waals surface area contributed by atoms with Crippen LogP contribution in [0.25, 0.3) is 0 Å². The molecule has 1 aromatic rings. The average molecular weight is 288 g/mol. The highest BCUT2D eigenvalue weighted by molar-refractivity contribution is 7.91. The first-order valence-corrected chi connectivity index (χ1v) is 8.65. The zero-order chi connectivity index (χ0) is 13.2. The topological polar surface area (TPSA) is 58.2 Å². The molecule has 0 saturated heterocycles. The van der Waals surface area contributed by atoms with Gasteiger partial charge in [-0.15, -0.1) is 11.3 Å². The van der Waals surface area contributed by atoms with Gasteiger partial charge in [0.1, 0.15) is 4.21 Å². The molecule has 0 atom stereocenters. The van der Waals surface area contributed by atoms with Gasteiger partial charge in [0.05, 0.1) is 0 Å². The Kier molecular flexibility index (Phi) is 4.42. The number of hydrogen-bond acceptors (Lipinski definition) is 4. The first-order valence-electron chi connectivity index (χ1n) is 6.35. The molecule has 0 unspecified atom stereocenters. The van der Waals surface area contributed by atoms with Crippen molar-refractivity contribution < 1.29 is 8.42 Å². The van der Waals surface area contributed by atoms with Crippen LogP contribution in [0.5, 0.6) is 0 Å². The van der Waals surface area contributed by atoms with E-state index in [4.69, 9.17) is 0 Å². The van der Waals surface area contributed by atoms with E-state index in [-0.39, 0.29) is 6.04 Å². The average Bonchev–Trinajstić information content (AvgIpc) is 2.64. The lowest BCUT2D eigenvalue weighted by atomic mass is 9.94. The number of hydrogen-bond donors (Lipinski definition) is 2. The summed E-state index contributed by atoms with van der Waals surface area (Å²) in [5.74, 6) is 0. The van der Waals surface area contributed by atoms with Crippen LogP contribution in [0.2, 0.25) is 0 Å². The van der Waals surface area contributed by atoms with Crippen LogP contribution >= 0.6 is 11.3 Å². The van der Waals surface area contributed by atoms with Crippen LogP contribution in [-0.2, 0) is 16.6 Å².